The number of aryl methyl sites for hydroxylation is 1. The highest BCUT2D eigenvalue weighted by Crippen LogP contribution is 2.47. The zero-order valence-corrected chi connectivity index (χ0v) is 13.0. The van der Waals surface area contributed by atoms with Crippen LogP contribution in [0.1, 0.15) is 38.6 Å². The van der Waals surface area contributed by atoms with Gasteiger partial charge in [-0.2, -0.15) is 5.10 Å². The van der Waals surface area contributed by atoms with Crippen molar-refractivity contribution < 1.29 is 4.74 Å². The molecule has 0 N–H and O–H groups in total. The average molecular weight is 283 g/mol. The number of ether oxygens (including phenoxy) is 1. The van der Waals surface area contributed by atoms with Crippen molar-refractivity contribution in [1.82, 2.24) is 14.6 Å². The van der Waals surface area contributed by atoms with Crippen molar-refractivity contribution in [3.8, 4) is 12.3 Å². The molecule has 4 heteroatoms. The summed E-state index contributed by atoms with van der Waals surface area (Å²) in [6, 6.07) is 4.04. The molecule has 0 aromatic carbocycles. The van der Waals surface area contributed by atoms with Gasteiger partial charge in [-0.3, -0.25) is 0 Å². The van der Waals surface area contributed by atoms with Gasteiger partial charge >= 0.3 is 0 Å². The van der Waals surface area contributed by atoms with Crippen LogP contribution in [0, 0.1) is 31.1 Å². The Morgan fingerprint density at radius 1 is 1.43 bits per heavy atom. The maximum Gasteiger partial charge on any atom is 0.173 e. The standard InChI is InChI=1S/C17H21N3O/c1-6-15-11(3)12(4)17(7-2,21-15)16-9-8-14-13(5)18-10-19-20(14)16/h2,8-12,15H,6H2,1,3-5H3/t11-,12+,15+,17+/m0/s1. The first-order chi connectivity index (χ1) is 10.0. The van der Waals surface area contributed by atoms with Crippen molar-refractivity contribution in [3.63, 3.8) is 0 Å². The molecule has 0 spiro atoms. The van der Waals surface area contributed by atoms with Crippen LogP contribution in [0.4, 0.5) is 0 Å². The summed E-state index contributed by atoms with van der Waals surface area (Å²) in [5.74, 6) is 3.59. The molecular weight excluding hydrogens is 262 g/mol. The van der Waals surface area contributed by atoms with Gasteiger partial charge in [-0.05, 0) is 31.4 Å². The summed E-state index contributed by atoms with van der Waals surface area (Å²) < 4.78 is 8.23. The second-order valence-corrected chi connectivity index (χ2v) is 5.95. The lowest BCUT2D eigenvalue weighted by molar-refractivity contribution is -0.0246. The minimum atomic E-state index is -0.715. The van der Waals surface area contributed by atoms with E-state index in [2.05, 4.69) is 36.8 Å². The third-order valence-corrected chi connectivity index (χ3v) is 5.00. The van der Waals surface area contributed by atoms with Gasteiger partial charge in [-0.25, -0.2) is 9.50 Å². The van der Waals surface area contributed by atoms with Gasteiger partial charge in [0.25, 0.3) is 0 Å². The molecule has 0 radical (unpaired) electrons. The highest BCUT2D eigenvalue weighted by Gasteiger charge is 2.51. The topological polar surface area (TPSA) is 39.4 Å². The second kappa shape index (κ2) is 4.85. The van der Waals surface area contributed by atoms with Crippen LogP contribution in [0.15, 0.2) is 18.5 Å². The molecule has 110 valence electrons. The maximum atomic E-state index is 6.35. The van der Waals surface area contributed by atoms with E-state index < -0.39 is 5.60 Å². The molecule has 0 saturated carbocycles. The Hall–Kier alpha value is -1.86. The fraction of sp³-hybridized carbons (Fsp3) is 0.529. The lowest BCUT2D eigenvalue weighted by Crippen LogP contribution is -2.32. The second-order valence-electron chi connectivity index (χ2n) is 5.95. The van der Waals surface area contributed by atoms with Gasteiger partial charge < -0.3 is 4.74 Å². The van der Waals surface area contributed by atoms with Crippen molar-refractivity contribution >= 4 is 5.52 Å². The molecule has 1 aliphatic rings. The van der Waals surface area contributed by atoms with Gasteiger partial charge in [0.15, 0.2) is 5.60 Å². The number of aromatic nitrogens is 3. The van der Waals surface area contributed by atoms with Gasteiger partial charge in [0, 0.05) is 5.92 Å². The molecule has 0 amide bonds. The van der Waals surface area contributed by atoms with Crippen molar-refractivity contribution in [2.75, 3.05) is 0 Å². The Balaban J connectivity index is 2.20. The van der Waals surface area contributed by atoms with E-state index in [4.69, 9.17) is 11.2 Å². The SMILES string of the molecule is C#C[C@@]1(c2ccc3c(C)ncnn23)O[C@H](CC)[C@@H](C)[C@H]1C. The summed E-state index contributed by atoms with van der Waals surface area (Å²) in [4.78, 5) is 4.24. The molecule has 0 bridgehead atoms. The van der Waals surface area contributed by atoms with E-state index in [-0.39, 0.29) is 12.0 Å². The van der Waals surface area contributed by atoms with Gasteiger partial charge in [-0.1, -0.05) is 26.7 Å². The summed E-state index contributed by atoms with van der Waals surface area (Å²) >= 11 is 0. The first-order valence-corrected chi connectivity index (χ1v) is 7.50. The lowest BCUT2D eigenvalue weighted by atomic mass is 9.80. The van der Waals surface area contributed by atoms with Crippen LogP contribution in [-0.2, 0) is 10.3 Å². The van der Waals surface area contributed by atoms with E-state index in [1.165, 1.54) is 0 Å². The summed E-state index contributed by atoms with van der Waals surface area (Å²) in [5.41, 5.74) is 2.13. The summed E-state index contributed by atoms with van der Waals surface area (Å²) in [6.45, 7) is 8.50. The third-order valence-electron chi connectivity index (χ3n) is 5.00. The quantitative estimate of drug-likeness (QED) is 0.796. The monoisotopic (exact) mass is 283 g/mol. The largest absolute Gasteiger partial charge is 0.353 e. The molecule has 2 aromatic rings. The Morgan fingerprint density at radius 2 is 2.19 bits per heavy atom. The van der Waals surface area contributed by atoms with Gasteiger partial charge in [0.2, 0.25) is 0 Å². The van der Waals surface area contributed by atoms with E-state index >= 15 is 0 Å². The third kappa shape index (κ3) is 1.81. The molecular formula is C17H21N3O. The van der Waals surface area contributed by atoms with Crippen molar-refractivity contribution in [2.24, 2.45) is 11.8 Å². The predicted octanol–water partition coefficient (Wildman–Crippen LogP) is 2.95. The van der Waals surface area contributed by atoms with Crippen LogP contribution in [-0.4, -0.2) is 20.7 Å². The molecule has 0 aliphatic carbocycles. The van der Waals surface area contributed by atoms with E-state index in [0.29, 0.717) is 5.92 Å². The molecule has 3 rings (SSSR count). The van der Waals surface area contributed by atoms with Crippen LogP contribution < -0.4 is 0 Å². The summed E-state index contributed by atoms with van der Waals surface area (Å²) in [7, 11) is 0. The van der Waals surface area contributed by atoms with Crippen LogP contribution in [0.3, 0.4) is 0 Å². The highest BCUT2D eigenvalue weighted by molar-refractivity contribution is 5.54. The molecule has 1 saturated heterocycles. The molecule has 1 aliphatic heterocycles. The normalized spacial score (nSPS) is 32.4. The first kappa shape index (κ1) is 14.1. The van der Waals surface area contributed by atoms with Crippen molar-refractivity contribution in [2.45, 2.75) is 45.8 Å². The first-order valence-electron chi connectivity index (χ1n) is 7.50. The molecule has 4 atom stereocenters. The van der Waals surface area contributed by atoms with Gasteiger partial charge in [-0.15, -0.1) is 6.42 Å². The Labute approximate surface area is 125 Å². The molecule has 3 heterocycles. The molecule has 1 fully saturated rings. The van der Waals surface area contributed by atoms with Crippen LogP contribution >= 0.6 is 0 Å². The minimum Gasteiger partial charge on any atom is -0.353 e. The Kier molecular flexibility index (Phi) is 3.26. The zero-order chi connectivity index (χ0) is 15.2. The summed E-state index contributed by atoms with van der Waals surface area (Å²) in [5, 5.41) is 4.38. The number of terminal acetylenes is 1. The molecule has 21 heavy (non-hydrogen) atoms. The minimum absolute atomic E-state index is 0.185. The van der Waals surface area contributed by atoms with Crippen molar-refractivity contribution in [1.29, 1.82) is 0 Å². The number of hydrogen-bond donors (Lipinski definition) is 0. The zero-order valence-electron chi connectivity index (χ0n) is 13.0. The van der Waals surface area contributed by atoms with Crippen molar-refractivity contribution in [3.05, 3.63) is 29.8 Å². The Morgan fingerprint density at radius 3 is 2.81 bits per heavy atom. The van der Waals surface area contributed by atoms with E-state index in [1.54, 1.807) is 6.33 Å². The fourth-order valence-corrected chi connectivity index (χ4v) is 3.47. The number of fused-ring (bicyclic) bond motifs is 1. The lowest BCUT2D eigenvalue weighted by Gasteiger charge is -2.27. The number of nitrogens with zero attached hydrogens (tertiary/aromatic N) is 3. The van der Waals surface area contributed by atoms with E-state index in [1.807, 2.05) is 23.6 Å². The van der Waals surface area contributed by atoms with Gasteiger partial charge in [0.05, 0.1) is 23.0 Å². The van der Waals surface area contributed by atoms with Gasteiger partial charge in [0.1, 0.15) is 6.33 Å². The maximum absolute atomic E-state index is 6.35. The average Bonchev–Trinajstić information content (AvgIpc) is 3.03. The molecule has 0 unspecified atom stereocenters. The highest BCUT2D eigenvalue weighted by atomic mass is 16.5. The van der Waals surface area contributed by atoms with E-state index in [9.17, 15) is 0 Å². The summed E-state index contributed by atoms with van der Waals surface area (Å²) in [6.07, 6.45) is 8.64. The number of hydrogen-bond acceptors (Lipinski definition) is 3. The smallest absolute Gasteiger partial charge is 0.173 e. The van der Waals surface area contributed by atoms with Crippen LogP contribution in [0.2, 0.25) is 0 Å². The number of rotatable bonds is 2. The van der Waals surface area contributed by atoms with Crippen LogP contribution in [0.25, 0.3) is 5.52 Å². The van der Waals surface area contributed by atoms with Crippen LogP contribution in [0.5, 0.6) is 0 Å². The predicted molar refractivity (Wildman–Crippen MR) is 81.7 cm³/mol. The molecule has 2 aromatic heterocycles. The molecule has 4 nitrogen and oxygen atoms in total. The van der Waals surface area contributed by atoms with E-state index in [0.717, 1.165) is 23.3 Å². The fourth-order valence-electron chi connectivity index (χ4n) is 3.47. The Bertz CT molecular complexity index is 714.